The largest absolute Gasteiger partial charge is 0.369 e. The molecule has 0 saturated carbocycles. The fourth-order valence-corrected chi connectivity index (χ4v) is 3.36. The molecule has 146 valence electrons. The van der Waals surface area contributed by atoms with Gasteiger partial charge in [0.2, 0.25) is 5.60 Å². The average molecular weight is 392 g/mol. The second kappa shape index (κ2) is 6.72. The Morgan fingerprint density at radius 1 is 1.31 bits per heavy atom. The summed E-state index contributed by atoms with van der Waals surface area (Å²) in [4.78, 5) is 25.2. The van der Waals surface area contributed by atoms with Crippen LogP contribution in [0.25, 0.3) is 16.6 Å². The summed E-state index contributed by atoms with van der Waals surface area (Å²) in [5.41, 5.74) is 4.71. The number of nitrogens with two attached hydrogens (primary N) is 1. The first kappa shape index (κ1) is 18.7. The Morgan fingerprint density at radius 2 is 2.07 bits per heavy atom. The molecule has 4 rings (SSSR count). The van der Waals surface area contributed by atoms with Crippen LogP contribution in [-0.2, 0) is 4.79 Å². The van der Waals surface area contributed by atoms with Gasteiger partial charge in [0.05, 0.1) is 5.69 Å². The summed E-state index contributed by atoms with van der Waals surface area (Å²) in [5.74, 6) is 3.70. The molecular weight excluding hydrogens is 375 g/mol. The molecule has 1 saturated heterocycles. The molecule has 1 atom stereocenters. The van der Waals surface area contributed by atoms with Crippen LogP contribution >= 0.6 is 0 Å². The van der Waals surface area contributed by atoms with E-state index in [-0.39, 0.29) is 17.6 Å². The Hall–Kier alpha value is -3.70. The molecule has 1 aromatic heterocycles. The lowest BCUT2D eigenvalue weighted by Gasteiger charge is -2.13. The smallest absolute Gasteiger partial charge is 0.269 e. The van der Waals surface area contributed by atoms with Gasteiger partial charge in [0.25, 0.3) is 11.8 Å². The summed E-state index contributed by atoms with van der Waals surface area (Å²) < 4.78 is 15.8. The molecule has 0 radical (unpaired) electrons. The third kappa shape index (κ3) is 3.11. The molecule has 1 aliphatic rings. The van der Waals surface area contributed by atoms with Crippen LogP contribution in [0.5, 0.6) is 0 Å². The number of fused-ring (bicyclic) bond motifs is 1. The number of halogens is 1. The zero-order valence-corrected chi connectivity index (χ0v) is 15.5. The highest BCUT2D eigenvalue weighted by Crippen LogP contribution is 2.25. The van der Waals surface area contributed by atoms with Gasteiger partial charge in [-0.25, -0.2) is 9.07 Å². The van der Waals surface area contributed by atoms with Crippen molar-refractivity contribution in [1.29, 1.82) is 0 Å². The van der Waals surface area contributed by atoms with Crippen LogP contribution in [0.15, 0.2) is 42.5 Å². The molecule has 1 fully saturated rings. The van der Waals surface area contributed by atoms with Crippen molar-refractivity contribution in [2.24, 2.45) is 5.73 Å². The third-order valence-corrected chi connectivity index (χ3v) is 4.90. The maximum atomic E-state index is 14.5. The van der Waals surface area contributed by atoms with Gasteiger partial charge < -0.3 is 15.7 Å². The standard InChI is InChI=1S/C21H17FN4O3/c1-25-11-10-21(29,20(25)28)9-8-13-4-2-5-14(12-13)26-18-15(6-3-7-16(18)22)17(24-26)19(23)27/h2-7,12,29H,10-11H2,1H3,(H2,23,27)/t21-/m0/s1. The number of para-hydroxylation sites is 1. The van der Waals surface area contributed by atoms with E-state index in [9.17, 15) is 19.1 Å². The molecule has 29 heavy (non-hydrogen) atoms. The number of carbonyl (C=O) groups is 2. The molecular formula is C21H17FN4O3. The highest BCUT2D eigenvalue weighted by Gasteiger charge is 2.42. The zero-order valence-electron chi connectivity index (χ0n) is 15.5. The fourth-order valence-electron chi connectivity index (χ4n) is 3.36. The average Bonchev–Trinajstić information content (AvgIpc) is 3.22. The summed E-state index contributed by atoms with van der Waals surface area (Å²) in [7, 11) is 1.61. The maximum Gasteiger partial charge on any atom is 0.269 e. The molecule has 7 nitrogen and oxygen atoms in total. The fraction of sp³-hybridized carbons (Fsp3) is 0.190. The van der Waals surface area contributed by atoms with Crippen molar-refractivity contribution in [3.8, 4) is 17.5 Å². The Kier molecular flexibility index (Phi) is 4.32. The number of hydrogen-bond donors (Lipinski definition) is 2. The van der Waals surface area contributed by atoms with E-state index in [2.05, 4.69) is 16.9 Å². The van der Waals surface area contributed by atoms with Crippen molar-refractivity contribution in [2.75, 3.05) is 13.6 Å². The number of aromatic nitrogens is 2. The van der Waals surface area contributed by atoms with Crippen LogP contribution in [0.2, 0.25) is 0 Å². The van der Waals surface area contributed by atoms with Gasteiger partial charge in [0.15, 0.2) is 5.69 Å². The number of aliphatic hydroxyl groups is 1. The van der Waals surface area contributed by atoms with E-state index in [0.717, 1.165) is 0 Å². The topological polar surface area (TPSA) is 101 Å². The van der Waals surface area contributed by atoms with Crippen LogP contribution < -0.4 is 5.73 Å². The number of benzene rings is 2. The van der Waals surface area contributed by atoms with Crippen molar-refractivity contribution in [1.82, 2.24) is 14.7 Å². The molecule has 1 aliphatic heterocycles. The first-order chi connectivity index (χ1) is 13.8. The van der Waals surface area contributed by atoms with E-state index < -0.39 is 23.2 Å². The van der Waals surface area contributed by atoms with E-state index in [1.165, 1.54) is 21.7 Å². The van der Waals surface area contributed by atoms with Gasteiger partial charge in [-0.05, 0) is 24.3 Å². The molecule has 3 N–H and O–H groups in total. The zero-order chi connectivity index (χ0) is 20.8. The predicted octanol–water partition coefficient (Wildman–Crippen LogP) is 1.21. The monoisotopic (exact) mass is 392 g/mol. The lowest BCUT2D eigenvalue weighted by molar-refractivity contribution is -0.137. The minimum atomic E-state index is -1.71. The second-order valence-electron chi connectivity index (χ2n) is 6.90. The Labute approximate surface area is 165 Å². The van der Waals surface area contributed by atoms with Crippen molar-refractivity contribution in [2.45, 2.75) is 12.0 Å². The molecule has 2 aromatic carbocycles. The molecule has 2 amide bonds. The predicted molar refractivity (Wildman–Crippen MR) is 104 cm³/mol. The Morgan fingerprint density at radius 3 is 2.76 bits per heavy atom. The maximum absolute atomic E-state index is 14.5. The van der Waals surface area contributed by atoms with Crippen LogP contribution in [0, 0.1) is 17.7 Å². The van der Waals surface area contributed by atoms with E-state index in [1.807, 2.05) is 0 Å². The molecule has 0 spiro atoms. The second-order valence-corrected chi connectivity index (χ2v) is 6.90. The quantitative estimate of drug-likeness (QED) is 0.640. The number of rotatable bonds is 2. The number of carbonyl (C=O) groups excluding carboxylic acids is 2. The highest BCUT2D eigenvalue weighted by molar-refractivity contribution is 6.04. The van der Waals surface area contributed by atoms with Crippen molar-refractivity contribution in [3.63, 3.8) is 0 Å². The van der Waals surface area contributed by atoms with Crippen molar-refractivity contribution < 1.29 is 19.1 Å². The van der Waals surface area contributed by atoms with Gasteiger partial charge in [-0.1, -0.05) is 30.0 Å². The normalized spacial score (nSPS) is 18.7. The first-order valence-electron chi connectivity index (χ1n) is 8.89. The van der Waals surface area contributed by atoms with Gasteiger partial charge >= 0.3 is 0 Å². The Bertz CT molecular complexity index is 1220. The van der Waals surface area contributed by atoms with Crippen molar-refractivity contribution in [3.05, 3.63) is 59.5 Å². The molecule has 8 heteroatoms. The lowest BCUT2D eigenvalue weighted by atomic mass is 10.0. The minimum Gasteiger partial charge on any atom is -0.369 e. The summed E-state index contributed by atoms with van der Waals surface area (Å²) in [6.07, 6.45) is 0.228. The van der Waals surface area contributed by atoms with Gasteiger partial charge in [0.1, 0.15) is 11.3 Å². The van der Waals surface area contributed by atoms with E-state index in [0.29, 0.717) is 23.2 Å². The first-order valence-corrected chi connectivity index (χ1v) is 8.89. The summed E-state index contributed by atoms with van der Waals surface area (Å²) >= 11 is 0. The summed E-state index contributed by atoms with van der Waals surface area (Å²) in [6.45, 7) is 0.429. The molecule has 2 heterocycles. The van der Waals surface area contributed by atoms with Gasteiger partial charge in [-0.3, -0.25) is 9.59 Å². The lowest BCUT2D eigenvalue weighted by Crippen LogP contribution is -2.37. The van der Waals surface area contributed by atoms with E-state index >= 15 is 0 Å². The summed E-state index contributed by atoms with van der Waals surface area (Å²) in [6, 6.07) is 11.0. The van der Waals surface area contributed by atoms with Crippen LogP contribution in [0.3, 0.4) is 0 Å². The van der Waals surface area contributed by atoms with Gasteiger partial charge in [-0.2, -0.15) is 5.10 Å². The van der Waals surface area contributed by atoms with Crippen molar-refractivity contribution >= 4 is 22.7 Å². The van der Waals surface area contributed by atoms with Gasteiger partial charge in [0, 0.05) is 31.0 Å². The highest BCUT2D eigenvalue weighted by atomic mass is 19.1. The number of amides is 2. The molecule has 0 aliphatic carbocycles. The number of likely N-dealkylation sites (N-methyl/N-ethyl adjacent to an activating group) is 1. The SMILES string of the molecule is CN1CC[C@@](O)(C#Cc2cccc(-n3nc(C(N)=O)c4cccc(F)c43)c2)C1=O. The number of likely N-dealkylation sites (tertiary alicyclic amines) is 1. The molecule has 0 unspecified atom stereocenters. The van der Waals surface area contributed by atoms with Crippen LogP contribution in [0.1, 0.15) is 22.5 Å². The molecule has 0 bridgehead atoms. The number of primary amides is 1. The van der Waals surface area contributed by atoms with Gasteiger partial charge in [-0.15, -0.1) is 0 Å². The van der Waals surface area contributed by atoms with E-state index in [4.69, 9.17) is 5.73 Å². The summed E-state index contributed by atoms with van der Waals surface area (Å²) in [5, 5.41) is 14.9. The minimum absolute atomic E-state index is 0.0371. The number of hydrogen-bond acceptors (Lipinski definition) is 4. The van der Waals surface area contributed by atoms with Crippen LogP contribution in [-0.4, -0.2) is 50.8 Å². The molecule has 3 aromatic rings. The van der Waals surface area contributed by atoms with E-state index in [1.54, 1.807) is 37.4 Å². The van der Waals surface area contributed by atoms with Crippen LogP contribution in [0.4, 0.5) is 4.39 Å². The number of nitrogens with zero attached hydrogens (tertiary/aromatic N) is 3. The third-order valence-electron chi connectivity index (χ3n) is 4.90. The Balaban J connectivity index is 1.79.